The van der Waals surface area contributed by atoms with Gasteiger partial charge >= 0.3 is 11.9 Å². The number of hydrogen-bond acceptors (Lipinski definition) is 4. The van der Waals surface area contributed by atoms with Gasteiger partial charge in [0.15, 0.2) is 0 Å². The molecule has 0 radical (unpaired) electrons. The molecule has 0 aromatic carbocycles. The van der Waals surface area contributed by atoms with E-state index in [9.17, 15) is 9.59 Å². The van der Waals surface area contributed by atoms with Gasteiger partial charge in [0.25, 0.3) is 0 Å². The first kappa shape index (κ1) is 12.7. The van der Waals surface area contributed by atoms with Gasteiger partial charge in [0, 0.05) is 5.57 Å². The Morgan fingerprint density at radius 2 is 2.19 bits per heavy atom. The van der Waals surface area contributed by atoms with Crippen LogP contribution in [-0.4, -0.2) is 35.9 Å². The summed E-state index contributed by atoms with van der Waals surface area (Å²) in [4.78, 5) is 22.1. The van der Waals surface area contributed by atoms with Crippen molar-refractivity contribution >= 4 is 11.9 Å². The number of esters is 1. The van der Waals surface area contributed by atoms with Crippen molar-refractivity contribution in [2.75, 3.05) is 6.61 Å². The lowest BCUT2D eigenvalue weighted by atomic mass is 10.1. The van der Waals surface area contributed by atoms with Crippen LogP contribution in [0.5, 0.6) is 0 Å². The van der Waals surface area contributed by atoms with E-state index in [-0.39, 0.29) is 24.2 Å². The van der Waals surface area contributed by atoms with Crippen LogP contribution in [0.25, 0.3) is 0 Å². The molecular formula is C11H16O5. The number of carbonyl (C=O) groups excluding carboxylic acids is 1. The minimum absolute atomic E-state index is 0.135. The summed E-state index contributed by atoms with van der Waals surface area (Å²) >= 11 is 0. The third-order valence-electron chi connectivity index (χ3n) is 1.98. The molecule has 0 amide bonds. The molecule has 0 spiro atoms. The lowest BCUT2D eigenvalue weighted by Crippen LogP contribution is -2.16. The van der Waals surface area contributed by atoms with Gasteiger partial charge in [-0.3, -0.25) is 4.79 Å². The first-order valence-corrected chi connectivity index (χ1v) is 5.22. The van der Waals surface area contributed by atoms with Gasteiger partial charge in [-0.2, -0.15) is 0 Å². The van der Waals surface area contributed by atoms with Crippen molar-refractivity contribution in [3.8, 4) is 0 Å². The molecule has 1 unspecified atom stereocenters. The standard InChI is InChI=1S/C11H16O5/c1-7(2)16-11(14)8(5-10(12)13)3-4-9-6-15-9/h3,7,9H,4-6H2,1-2H3,(H,12,13). The van der Waals surface area contributed by atoms with Crippen molar-refractivity contribution in [1.29, 1.82) is 0 Å². The highest BCUT2D eigenvalue weighted by molar-refractivity contribution is 5.93. The smallest absolute Gasteiger partial charge is 0.334 e. The van der Waals surface area contributed by atoms with Gasteiger partial charge in [-0.05, 0) is 20.3 Å². The number of carboxylic acid groups (broad SMARTS) is 1. The highest BCUT2D eigenvalue weighted by Gasteiger charge is 2.23. The normalized spacial score (nSPS) is 19.7. The number of hydrogen-bond donors (Lipinski definition) is 1. The predicted octanol–water partition coefficient (Wildman–Crippen LogP) is 1.13. The molecule has 1 heterocycles. The zero-order valence-corrected chi connectivity index (χ0v) is 9.43. The van der Waals surface area contributed by atoms with Gasteiger partial charge in [0.2, 0.25) is 0 Å². The summed E-state index contributed by atoms with van der Waals surface area (Å²) in [6.07, 6.45) is 1.74. The Morgan fingerprint density at radius 1 is 1.56 bits per heavy atom. The van der Waals surface area contributed by atoms with Crippen LogP contribution in [0.3, 0.4) is 0 Å². The molecule has 1 aliphatic heterocycles. The van der Waals surface area contributed by atoms with E-state index in [1.165, 1.54) is 0 Å². The summed E-state index contributed by atoms with van der Waals surface area (Å²) in [7, 11) is 0. The Bertz CT molecular complexity index is 301. The fraction of sp³-hybridized carbons (Fsp3) is 0.636. The van der Waals surface area contributed by atoms with Crippen LogP contribution in [0, 0.1) is 0 Å². The first-order chi connectivity index (χ1) is 7.49. The first-order valence-electron chi connectivity index (χ1n) is 5.22. The van der Waals surface area contributed by atoms with Gasteiger partial charge in [-0.15, -0.1) is 0 Å². The van der Waals surface area contributed by atoms with Crippen LogP contribution in [0.4, 0.5) is 0 Å². The molecule has 0 saturated carbocycles. The molecule has 0 aliphatic carbocycles. The van der Waals surface area contributed by atoms with Crippen LogP contribution >= 0.6 is 0 Å². The number of carboxylic acids is 1. The van der Waals surface area contributed by atoms with Crippen molar-refractivity contribution < 1.29 is 24.2 Å². The summed E-state index contributed by atoms with van der Waals surface area (Å²) in [6, 6.07) is 0. The van der Waals surface area contributed by atoms with Gasteiger partial charge < -0.3 is 14.6 Å². The fourth-order valence-corrected chi connectivity index (χ4v) is 1.16. The Labute approximate surface area is 94.0 Å². The van der Waals surface area contributed by atoms with Crippen LogP contribution < -0.4 is 0 Å². The van der Waals surface area contributed by atoms with E-state index in [4.69, 9.17) is 14.6 Å². The number of aliphatic carboxylic acids is 1. The maximum Gasteiger partial charge on any atom is 0.334 e. The summed E-state index contributed by atoms with van der Waals surface area (Å²) in [5.41, 5.74) is 0.191. The lowest BCUT2D eigenvalue weighted by molar-refractivity contribution is -0.145. The van der Waals surface area contributed by atoms with Crippen LogP contribution in [0.2, 0.25) is 0 Å². The molecule has 5 nitrogen and oxygen atoms in total. The third kappa shape index (κ3) is 4.93. The molecule has 90 valence electrons. The molecule has 5 heteroatoms. The Kier molecular flexibility index (Phi) is 4.49. The maximum atomic E-state index is 11.5. The van der Waals surface area contributed by atoms with Crippen LogP contribution in [0.15, 0.2) is 11.6 Å². The second kappa shape index (κ2) is 5.65. The number of carbonyl (C=O) groups is 2. The van der Waals surface area contributed by atoms with Crippen molar-refractivity contribution in [2.45, 2.75) is 38.9 Å². The number of rotatable bonds is 6. The monoisotopic (exact) mass is 228 g/mol. The molecule has 0 aromatic rings. The summed E-state index contributed by atoms with van der Waals surface area (Å²) < 4.78 is 9.94. The molecule has 16 heavy (non-hydrogen) atoms. The highest BCUT2D eigenvalue weighted by atomic mass is 16.6. The van der Waals surface area contributed by atoms with E-state index >= 15 is 0 Å². The third-order valence-corrected chi connectivity index (χ3v) is 1.98. The van der Waals surface area contributed by atoms with Crippen molar-refractivity contribution in [2.24, 2.45) is 0 Å². The molecule has 1 saturated heterocycles. The molecule has 1 atom stereocenters. The number of ether oxygens (including phenoxy) is 2. The molecule has 1 N–H and O–H groups in total. The van der Waals surface area contributed by atoms with Crippen LogP contribution in [0.1, 0.15) is 26.7 Å². The summed E-state index contributed by atoms with van der Waals surface area (Å²) in [5.74, 6) is -1.60. The topological polar surface area (TPSA) is 76.1 Å². The average Bonchev–Trinajstić information content (AvgIpc) is 2.93. The molecule has 0 aromatic heterocycles. The SMILES string of the molecule is CC(C)OC(=O)C(=CCC1CO1)CC(=O)O. The van der Waals surface area contributed by atoms with E-state index in [1.807, 2.05) is 0 Å². The second-order valence-electron chi connectivity index (χ2n) is 3.94. The molecule has 1 rings (SSSR count). The number of epoxide rings is 1. The van der Waals surface area contributed by atoms with Gasteiger partial charge in [0.1, 0.15) is 0 Å². The Morgan fingerprint density at radius 3 is 2.62 bits per heavy atom. The summed E-state index contributed by atoms with van der Waals surface area (Å²) in [6.45, 7) is 4.12. The van der Waals surface area contributed by atoms with Gasteiger partial charge in [0.05, 0.1) is 25.2 Å². The fourth-order valence-electron chi connectivity index (χ4n) is 1.16. The summed E-state index contributed by atoms with van der Waals surface area (Å²) in [5, 5.41) is 8.67. The Balaban J connectivity index is 2.56. The molecule has 0 bridgehead atoms. The zero-order valence-electron chi connectivity index (χ0n) is 9.43. The van der Waals surface area contributed by atoms with E-state index in [2.05, 4.69) is 0 Å². The molecule has 1 aliphatic rings. The highest BCUT2D eigenvalue weighted by Crippen LogP contribution is 2.17. The Hall–Kier alpha value is -1.36. The second-order valence-corrected chi connectivity index (χ2v) is 3.94. The predicted molar refractivity (Wildman–Crippen MR) is 55.9 cm³/mol. The largest absolute Gasteiger partial charge is 0.481 e. The quantitative estimate of drug-likeness (QED) is 0.419. The van der Waals surface area contributed by atoms with E-state index in [0.717, 1.165) is 0 Å². The molecular weight excluding hydrogens is 212 g/mol. The van der Waals surface area contributed by atoms with E-state index in [1.54, 1.807) is 19.9 Å². The van der Waals surface area contributed by atoms with Crippen molar-refractivity contribution in [3.63, 3.8) is 0 Å². The van der Waals surface area contributed by atoms with Crippen LogP contribution in [-0.2, 0) is 19.1 Å². The minimum Gasteiger partial charge on any atom is -0.481 e. The van der Waals surface area contributed by atoms with Gasteiger partial charge in [-0.25, -0.2) is 4.79 Å². The van der Waals surface area contributed by atoms with E-state index < -0.39 is 11.9 Å². The minimum atomic E-state index is -1.04. The zero-order chi connectivity index (χ0) is 12.1. The maximum absolute atomic E-state index is 11.5. The van der Waals surface area contributed by atoms with Crippen molar-refractivity contribution in [3.05, 3.63) is 11.6 Å². The van der Waals surface area contributed by atoms with Crippen molar-refractivity contribution in [1.82, 2.24) is 0 Å². The molecule has 1 fully saturated rings. The van der Waals surface area contributed by atoms with Gasteiger partial charge in [-0.1, -0.05) is 6.08 Å². The average molecular weight is 228 g/mol. The van der Waals surface area contributed by atoms with E-state index in [0.29, 0.717) is 13.0 Å². The lowest BCUT2D eigenvalue weighted by Gasteiger charge is -2.09.